The number of hydrogen-bond acceptors (Lipinski definition) is 4. The summed E-state index contributed by atoms with van der Waals surface area (Å²) < 4.78 is 0. The molecule has 0 aliphatic carbocycles. The number of rotatable bonds is 4. The highest BCUT2D eigenvalue weighted by Gasteiger charge is 2.31. The van der Waals surface area contributed by atoms with Gasteiger partial charge in [0.15, 0.2) is 0 Å². The molecular formula is C22H23N3O. The predicted octanol–water partition coefficient (Wildman–Crippen LogP) is 2.85. The molecule has 2 aliphatic rings. The van der Waals surface area contributed by atoms with Gasteiger partial charge in [-0.05, 0) is 41.0 Å². The van der Waals surface area contributed by atoms with E-state index in [1.165, 1.54) is 11.1 Å². The smallest absolute Gasteiger partial charge is 0.0723 e. The van der Waals surface area contributed by atoms with Gasteiger partial charge < -0.3 is 16.2 Å². The molecule has 2 aromatic rings. The molecule has 0 saturated carbocycles. The van der Waals surface area contributed by atoms with Crippen LogP contribution >= 0.6 is 0 Å². The minimum absolute atomic E-state index is 0.0638. The molecule has 0 spiro atoms. The first kappa shape index (κ1) is 16.8. The molecule has 26 heavy (non-hydrogen) atoms. The fourth-order valence-corrected chi connectivity index (χ4v) is 3.71. The van der Waals surface area contributed by atoms with Crippen molar-refractivity contribution in [3.8, 4) is 0 Å². The number of aliphatic hydroxyl groups excluding tert-OH is 1. The van der Waals surface area contributed by atoms with E-state index in [2.05, 4.69) is 53.8 Å². The maximum absolute atomic E-state index is 9.74. The summed E-state index contributed by atoms with van der Waals surface area (Å²) in [6, 6.07) is 18.8. The van der Waals surface area contributed by atoms with E-state index in [1.54, 1.807) is 0 Å². The van der Waals surface area contributed by atoms with E-state index in [0.717, 1.165) is 29.0 Å². The Balaban J connectivity index is 1.81. The molecule has 0 amide bonds. The highest BCUT2D eigenvalue weighted by atomic mass is 16.3. The average Bonchev–Trinajstić information content (AvgIpc) is 2.73. The van der Waals surface area contributed by atoms with Crippen molar-refractivity contribution < 1.29 is 5.11 Å². The molecule has 0 fully saturated rings. The minimum atomic E-state index is -0.0638. The summed E-state index contributed by atoms with van der Waals surface area (Å²) in [5, 5.41) is 13.0. The van der Waals surface area contributed by atoms with Gasteiger partial charge in [0.25, 0.3) is 0 Å². The highest BCUT2D eigenvalue weighted by molar-refractivity contribution is 6.06. The number of nitrogens with zero attached hydrogens (tertiary/aromatic N) is 1. The normalized spacial score (nSPS) is 21.8. The lowest BCUT2D eigenvalue weighted by atomic mass is 9.80. The summed E-state index contributed by atoms with van der Waals surface area (Å²) in [6.07, 6.45) is 4.72. The van der Waals surface area contributed by atoms with Crippen LogP contribution in [-0.4, -0.2) is 23.5 Å². The zero-order chi connectivity index (χ0) is 17.9. The number of nitrogens with one attached hydrogen (secondary N) is 1. The van der Waals surface area contributed by atoms with Crippen LogP contribution in [0.15, 0.2) is 83.1 Å². The Hall–Kier alpha value is -2.69. The third kappa shape index (κ3) is 3.09. The molecule has 0 radical (unpaired) electrons. The predicted molar refractivity (Wildman–Crippen MR) is 105 cm³/mol. The summed E-state index contributed by atoms with van der Waals surface area (Å²) >= 11 is 0. The topological polar surface area (TPSA) is 70.6 Å². The molecule has 2 atom stereocenters. The Kier molecular flexibility index (Phi) is 4.69. The quantitative estimate of drug-likeness (QED) is 0.798. The van der Waals surface area contributed by atoms with E-state index in [1.807, 2.05) is 18.3 Å². The van der Waals surface area contributed by atoms with E-state index < -0.39 is 0 Å². The van der Waals surface area contributed by atoms with Crippen LogP contribution in [0.5, 0.6) is 0 Å². The largest absolute Gasteiger partial charge is 0.394 e. The van der Waals surface area contributed by atoms with E-state index in [-0.39, 0.29) is 18.6 Å². The first-order chi connectivity index (χ1) is 12.8. The van der Waals surface area contributed by atoms with E-state index in [0.29, 0.717) is 6.54 Å². The first-order valence-electron chi connectivity index (χ1n) is 8.99. The summed E-state index contributed by atoms with van der Waals surface area (Å²) in [7, 11) is 0. The fraction of sp³-hybridized carbons (Fsp3) is 0.227. The van der Waals surface area contributed by atoms with Crippen LogP contribution < -0.4 is 11.1 Å². The third-order valence-electron chi connectivity index (χ3n) is 5.15. The first-order valence-corrected chi connectivity index (χ1v) is 8.99. The molecule has 2 aromatic carbocycles. The molecule has 4 N–H and O–H groups in total. The molecule has 4 heteroatoms. The van der Waals surface area contributed by atoms with Gasteiger partial charge in [0, 0.05) is 12.5 Å². The van der Waals surface area contributed by atoms with Gasteiger partial charge in [-0.15, -0.1) is 0 Å². The second kappa shape index (κ2) is 7.28. The number of hydrogen-bond donors (Lipinski definition) is 3. The monoisotopic (exact) mass is 345 g/mol. The van der Waals surface area contributed by atoms with Gasteiger partial charge >= 0.3 is 0 Å². The van der Waals surface area contributed by atoms with E-state index >= 15 is 0 Å². The summed E-state index contributed by atoms with van der Waals surface area (Å²) in [6.45, 7) is 0.609. The van der Waals surface area contributed by atoms with Gasteiger partial charge in [0.2, 0.25) is 0 Å². The minimum Gasteiger partial charge on any atom is -0.394 e. The maximum atomic E-state index is 9.74. The summed E-state index contributed by atoms with van der Waals surface area (Å²) in [5.41, 5.74) is 12.4. The van der Waals surface area contributed by atoms with Crippen LogP contribution in [-0.2, 0) is 6.54 Å². The number of dihydropyridines is 1. The van der Waals surface area contributed by atoms with Crippen molar-refractivity contribution >= 4 is 5.71 Å². The van der Waals surface area contributed by atoms with Crippen molar-refractivity contribution in [3.05, 3.63) is 94.8 Å². The van der Waals surface area contributed by atoms with E-state index in [4.69, 9.17) is 10.7 Å². The van der Waals surface area contributed by atoms with E-state index in [9.17, 15) is 5.11 Å². The standard InChI is InChI=1S/C22H23N3O/c23-13-15-6-8-17(9-7-15)22-18(16-4-2-1-3-5-16)12-19-20(25-22)10-11-24-21(19)14-26/h1-11,18,21,24,26H,12-14,23H2. The molecule has 132 valence electrons. The molecular weight excluding hydrogens is 322 g/mol. The lowest BCUT2D eigenvalue weighted by Gasteiger charge is -2.32. The Bertz CT molecular complexity index is 866. The zero-order valence-electron chi connectivity index (χ0n) is 14.6. The Morgan fingerprint density at radius 1 is 1.08 bits per heavy atom. The van der Waals surface area contributed by atoms with Crippen molar-refractivity contribution in [2.75, 3.05) is 6.61 Å². The lowest BCUT2D eigenvalue weighted by molar-refractivity contribution is 0.263. The lowest BCUT2D eigenvalue weighted by Crippen LogP contribution is -2.36. The van der Waals surface area contributed by atoms with Crippen molar-refractivity contribution in [2.45, 2.75) is 24.9 Å². The number of aliphatic hydroxyl groups is 1. The Labute approximate surface area is 153 Å². The average molecular weight is 345 g/mol. The van der Waals surface area contributed by atoms with Crippen LogP contribution in [0.1, 0.15) is 29.0 Å². The van der Waals surface area contributed by atoms with Crippen LogP contribution in [0.2, 0.25) is 0 Å². The molecule has 2 heterocycles. The maximum Gasteiger partial charge on any atom is 0.0723 e. The zero-order valence-corrected chi connectivity index (χ0v) is 14.6. The molecule has 4 nitrogen and oxygen atoms in total. The highest BCUT2D eigenvalue weighted by Crippen LogP contribution is 2.37. The van der Waals surface area contributed by atoms with Crippen molar-refractivity contribution in [3.63, 3.8) is 0 Å². The fourth-order valence-electron chi connectivity index (χ4n) is 3.71. The van der Waals surface area contributed by atoms with Crippen LogP contribution in [0, 0.1) is 0 Å². The molecule has 0 saturated heterocycles. The molecule has 0 bridgehead atoms. The van der Waals surface area contributed by atoms with Crippen LogP contribution in [0.4, 0.5) is 0 Å². The Morgan fingerprint density at radius 2 is 1.85 bits per heavy atom. The van der Waals surface area contributed by atoms with Crippen molar-refractivity contribution in [1.82, 2.24) is 5.32 Å². The van der Waals surface area contributed by atoms with Gasteiger partial charge in [0.05, 0.1) is 24.1 Å². The SMILES string of the molecule is NCc1ccc(C2=NC3=C(CC2c2ccccc2)C(CO)NC=C3)cc1. The third-order valence-corrected chi connectivity index (χ3v) is 5.15. The van der Waals surface area contributed by atoms with Gasteiger partial charge in [-0.25, -0.2) is 0 Å². The van der Waals surface area contributed by atoms with Gasteiger partial charge in [-0.1, -0.05) is 54.6 Å². The number of nitrogens with two attached hydrogens (primary N) is 1. The summed E-state index contributed by atoms with van der Waals surface area (Å²) in [5.74, 6) is 0.168. The number of allylic oxidation sites excluding steroid dienone is 1. The van der Waals surface area contributed by atoms with Gasteiger partial charge in [0.1, 0.15) is 0 Å². The molecule has 0 aromatic heterocycles. The molecule has 4 rings (SSSR count). The van der Waals surface area contributed by atoms with Crippen molar-refractivity contribution in [2.24, 2.45) is 10.7 Å². The number of benzene rings is 2. The second-order valence-corrected chi connectivity index (χ2v) is 6.71. The van der Waals surface area contributed by atoms with Gasteiger partial charge in [-0.2, -0.15) is 0 Å². The molecule has 2 unspecified atom stereocenters. The summed E-state index contributed by atoms with van der Waals surface area (Å²) in [4.78, 5) is 5.01. The second-order valence-electron chi connectivity index (χ2n) is 6.71. The number of aliphatic imine (C=N–C) groups is 1. The van der Waals surface area contributed by atoms with Crippen LogP contribution in [0.25, 0.3) is 0 Å². The van der Waals surface area contributed by atoms with Crippen LogP contribution in [0.3, 0.4) is 0 Å². The van der Waals surface area contributed by atoms with Crippen molar-refractivity contribution in [1.29, 1.82) is 0 Å². The Morgan fingerprint density at radius 3 is 2.54 bits per heavy atom. The molecule has 2 aliphatic heterocycles. The van der Waals surface area contributed by atoms with Gasteiger partial charge in [-0.3, -0.25) is 4.99 Å².